The molecule has 0 bridgehead atoms. The lowest BCUT2D eigenvalue weighted by Gasteiger charge is -2.09. The molecular formula is C20H19NO3. The summed E-state index contributed by atoms with van der Waals surface area (Å²) in [4.78, 5) is 16.3. The number of aromatic carboxylic acids is 1. The third-order valence-corrected chi connectivity index (χ3v) is 3.82. The van der Waals surface area contributed by atoms with Crippen molar-refractivity contribution in [3.63, 3.8) is 0 Å². The maximum atomic E-state index is 11.6. The molecule has 0 aliphatic carbocycles. The molecule has 0 spiro atoms. The van der Waals surface area contributed by atoms with Crippen molar-refractivity contribution >= 4 is 16.9 Å². The maximum Gasteiger partial charge on any atom is 0.336 e. The molecule has 4 heteroatoms. The number of hydrogen-bond acceptors (Lipinski definition) is 3. The van der Waals surface area contributed by atoms with E-state index in [0.29, 0.717) is 23.2 Å². The van der Waals surface area contributed by atoms with Gasteiger partial charge >= 0.3 is 5.97 Å². The Labute approximate surface area is 140 Å². The molecule has 2 aromatic carbocycles. The summed E-state index contributed by atoms with van der Waals surface area (Å²) in [6, 6.07) is 14.9. The molecule has 4 nitrogen and oxygen atoms in total. The second kappa shape index (κ2) is 6.71. The van der Waals surface area contributed by atoms with Crippen molar-refractivity contribution in [3.8, 4) is 17.0 Å². The van der Waals surface area contributed by atoms with Crippen LogP contribution in [-0.4, -0.2) is 22.7 Å². The fourth-order valence-corrected chi connectivity index (χ4v) is 2.61. The van der Waals surface area contributed by atoms with Crippen molar-refractivity contribution in [3.05, 3.63) is 59.7 Å². The summed E-state index contributed by atoms with van der Waals surface area (Å²) < 4.78 is 5.58. The molecule has 1 N–H and O–H groups in total. The number of aryl methyl sites for hydroxylation is 1. The van der Waals surface area contributed by atoms with E-state index in [0.717, 1.165) is 23.3 Å². The smallest absolute Gasteiger partial charge is 0.336 e. The van der Waals surface area contributed by atoms with E-state index in [4.69, 9.17) is 4.74 Å². The fraction of sp³-hybridized carbons (Fsp3) is 0.200. The van der Waals surface area contributed by atoms with E-state index in [9.17, 15) is 9.90 Å². The molecule has 0 saturated heterocycles. The van der Waals surface area contributed by atoms with Crippen LogP contribution in [0.15, 0.2) is 48.5 Å². The van der Waals surface area contributed by atoms with Gasteiger partial charge in [-0.3, -0.25) is 0 Å². The first kappa shape index (κ1) is 16.0. The van der Waals surface area contributed by atoms with Gasteiger partial charge in [-0.25, -0.2) is 9.78 Å². The van der Waals surface area contributed by atoms with Crippen molar-refractivity contribution in [1.82, 2.24) is 4.98 Å². The Hall–Kier alpha value is -2.88. The molecule has 3 aromatic rings. The van der Waals surface area contributed by atoms with Crippen molar-refractivity contribution < 1.29 is 14.6 Å². The van der Waals surface area contributed by atoms with Gasteiger partial charge in [0.25, 0.3) is 0 Å². The number of fused-ring (bicyclic) bond motifs is 1. The van der Waals surface area contributed by atoms with Crippen LogP contribution in [0, 0.1) is 6.92 Å². The molecule has 1 heterocycles. The molecule has 0 aliphatic rings. The van der Waals surface area contributed by atoms with E-state index in [2.05, 4.69) is 11.9 Å². The first-order valence-corrected chi connectivity index (χ1v) is 7.96. The zero-order valence-electron chi connectivity index (χ0n) is 13.7. The van der Waals surface area contributed by atoms with Gasteiger partial charge in [-0.1, -0.05) is 18.6 Å². The molecule has 3 rings (SSSR count). The van der Waals surface area contributed by atoms with Crippen LogP contribution in [0.25, 0.3) is 22.2 Å². The zero-order valence-corrected chi connectivity index (χ0v) is 13.7. The summed E-state index contributed by atoms with van der Waals surface area (Å²) >= 11 is 0. The quantitative estimate of drug-likeness (QED) is 0.740. The van der Waals surface area contributed by atoms with Crippen LogP contribution in [0.5, 0.6) is 5.75 Å². The zero-order chi connectivity index (χ0) is 17.1. The second-order valence-electron chi connectivity index (χ2n) is 5.75. The van der Waals surface area contributed by atoms with Crippen LogP contribution < -0.4 is 4.74 Å². The molecule has 24 heavy (non-hydrogen) atoms. The number of aromatic nitrogens is 1. The molecule has 0 unspecified atom stereocenters. The Kier molecular flexibility index (Phi) is 4.47. The lowest BCUT2D eigenvalue weighted by Crippen LogP contribution is -2.00. The molecule has 0 fully saturated rings. The maximum absolute atomic E-state index is 11.6. The topological polar surface area (TPSA) is 59.4 Å². The van der Waals surface area contributed by atoms with Crippen LogP contribution in [0.3, 0.4) is 0 Å². The van der Waals surface area contributed by atoms with Gasteiger partial charge in [0.05, 0.1) is 23.4 Å². The first-order valence-electron chi connectivity index (χ1n) is 7.96. The summed E-state index contributed by atoms with van der Waals surface area (Å²) in [5.74, 6) is -0.146. The number of benzene rings is 2. The van der Waals surface area contributed by atoms with E-state index in [1.165, 1.54) is 0 Å². The van der Waals surface area contributed by atoms with Crippen molar-refractivity contribution in [2.75, 3.05) is 6.61 Å². The molecule has 0 aliphatic heterocycles. The van der Waals surface area contributed by atoms with Gasteiger partial charge in [0.15, 0.2) is 0 Å². The number of carboxylic acid groups (broad SMARTS) is 1. The average molecular weight is 321 g/mol. The van der Waals surface area contributed by atoms with Crippen molar-refractivity contribution in [2.45, 2.75) is 20.3 Å². The number of nitrogens with zero attached hydrogens (tertiary/aromatic N) is 1. The van der Waals surface area contributed by atoms with Crippen LogP contribution in [0.2, 0.25) is 0 Å². The normalized spacial score (nSPS) is 10.8. The summed E-state index contributed by atoms with van der Waals surface area (Å²) in [6.45, 7) is 4.67. The highest BCUT2D eigenvalue weighted by Crippen LogP contribution is 2.27. The molecule has 1 aromatic heterocycles. The van der Waals surface area contributed by atoms with E-state index in [1.807, 2.05) is 49.4 Å². The van der Waals surface area contributed by atoms with Crippen molar-refractivity contribution in [2.24, 2.45) is 0 Å². The number of carbonyl (C=O) groups is 1. The Morgan fingerprint density at radius 1 is 1.12 bits per heavy atom. The van der Waals surface area contributed by atoms with Crippen LogP contribution >= 0.6 is 0 Å². The number of rotatable bonds is 5. The number of ether oxygens (including phenoxy) is 1. The molecular weight excluding hydrogens is 302 g/mol. The summed E-state index contributed by atoms with van der Waals surface area (Å²) in [5, 5.41) is 10.2. The Morgan fingerprint density at radius 3 is 2.54 bits per heavy atom. The highest BCUT2D eigenvalue weighted by Gasteiger charge is 2.13. The Balaban J connectivity index is 2.06. The molecule has 122 valence electrons. The minimum Gasteiger partial charge on any atom is -0.494 e. The third-order valence-electron chi connectivity index (χ3n) is 3.82. The van der Waals surface area contributed by atoms with E-state index >= 15 is 0 Å². The molecule has 0 amide bonds. The van der Waals surface area contributed by atoms with Gasteiger partial charge in [0.2, 0.25) is 0 Å². The number of pyridine rings is 1. The lowest BCUT2D eigenvalue weighted by atomic mass is 10.0. The van der Waals surface area contributed by atoms with Crippen LogP contribution in [-0.2, 0) is 0 Å². The molecule has 0 atom stereocenters. The highest BCUT2D eigenvalue weighted by atomic mass is 16.5. The highest BCUT2D eigenvalue weighted by molar-refractivity contribution is 6.03. The van der Waals surface area contributed by atoms with E-state index in [-0.39, 0.29) is 5.56 Å². The summed E-state index contributed by atoms with van der Waals surface area (Å²) in [6.07, 6.45) is 0.954. The van der Waals surface area contributed by atoms with Crippen molar-refractivity contribution in [1.29, 1.82) is 0 Å². The third kappa shape index (κ3) is 3.23. The van der Waals surface area contributed by atoms with E-state index in [1.54, 1.807) is 6.07 Å². The van der Waals surface area contributed by atoms with Gasteiger partial charge in [0, 0.05) is 10.9 Å². The largest absolute Gasteiger partial charge is 0.494 e. The molecule has 0 radical (unpaired) electrons. The van der Waals surface area contributed by atoms with E-state index < -0.39 is 5.97 Å². The lowest BCUT2D eigenvalue weighted by molar-refractivity contribution is 0.0699. The SMILES string of the molecule is CCCOc1ccc(-c2cc(C(=O)O)c3cc(C)ccc3n2)cc1. The van der Waals surface area contributed by atoms with Crippen LogP contribution in [0.4, 0.5) is 0 Å². The van der Waals surface area contributed by atoms with Gasteiger partial charge < -0.3 is 9.84 Å². The standard InChI is InChI=1S/C20H19NO3/c1-3-10-24-15-7-5-14(6-8-15)19-12-17(20(22)23)16-11-13(2)4-9-18(16)21-19/h4-9,11-12H,3,10H2,1-2H3,(H,22,23). The van der Waals surface area contributed by atoms with Gasteiger partial charge in [-0.15, -0.1) is 0 Å². The average Bonchev–Trinajstić information content (AvgIpc) is 2.59. The van der Waals surface area contributed by atoms with Gasteiger partial charge in [0.1, 0.15) is 5.75 Å². The predicted octanol–water partition coefficient (Wildman–Crippen LogP) is 4.70. The monoisotopic (exact) mass is 321 g/mol. The first-order chi connectivity index (χ1) is 11.6. The summed E-state index contributed by atoms with van der Waals surface area (Å²) in [7, 11) is 0. The van der Waals surface area contributed by atoms with Crippen LogP contribution in [0.1, 0.15) is 29.3 Å². The number of hydrogen-bond donors (Lipinski definition) is 1. The number of carboxylic acids is 1. The second-order valence-corrected chi connectivity index (χ2v) is 5.75. The molecule has 0 saturated carbocycles. The Morgan fingerprint density at radius 2 is 1.88 bits per heavy atom. The minimum atomic E-state index is -0.947. The predicted molar refractivity (Wildman–Crippen MR) is 94.7 cm³/mol. The summed E-state index contributed by atoms with van der Waals surface area (Å²) in [5.41, 5.74) is 3.47. The Bertz CT molecular complexity index is 885. The van der Waals surface area contributed by atoms with Gasteiger partial charge in [-0.2, -0.15) is 0 Å². The fourth-order valence-electron chi connectivity index (χ4n) is 2.61. The van der Waals surface area contributed by atoms with Gasteiger partial charge in [-0.05, 0) is 55.8 Å². The minimum absolute atomic E-state index is 0.269.